The van der Waals surface area contributed by atoms with E-state index in [4.69, 9.17) is 35.1 Å². The summed E-state index contributed by atoms with van der Waals surface area (Å²) in [7, 11) is 6.48. The first-order valence-electron chi connectivity index (χ1n) is 20.6. The zero-order valence-corrected chi connectivity index (χ0v) is 38.7. The smallest absolute Gasteiger partial charge is 0.204 e. The zero-order chi connectivity index (χ0) is 47.9. The largest absolute Gasteiger partial charge is 0.495 e. The number of nitrogens with two attached hydrogens (primary N) is 4. The Morgan fingerprint density at radius 3 is 2.17 bits per heavy atom. The summed E-state index contributed by atoms with van der Waals surface area (Å²) in [6.07, 6.45) is 10.5. The van der Waals surface area contributed by atoms with E-state index in [9.17, 15) is 9.59 Å². The van der Waals surface area contributed by atoms with E-state index >= 15 is 0 Å². The number of aldehydes is 2. The number of ether oxygens (including phenoxy) is 2. The Hall–Kier alpha value is -6.47. The minimum absolute atomic E-state index is 0.250. The number of nitrogens with one attached hydrogen (secondary N) is 1. The highest BCUT2D eigenvalue weighted by atomic mass is 16.5. The molecule has 0 radical (unpaired) electrons. The van der Waals surface area contributed by atoms with Crippen LogP contribution in [0.15, 0.2) is 65.4 Å². The molecule has 0 aliphatic rings. The number of primary amides is 1. The average Bonchev–Trinajstić information content (AvgIpc) is 3.86. The first kappa shape index (κ1) is 56.5. The Morgan fingerprint density at radius 1 is 0.984 bits per heavy atom. The summed E-state index contributed by atoms with van der Waals surface area (Å²) in [6, 6.07) is 8.92. The van der Waals surface area contributed by atoms with E-state index in [1.165, 1.54) is 14.1 Å². The molecule has 2 aromatic carbocycles. The monoisotopic (exact) mass is 875 g/mol. The molecule has 3 aromatic heterocycles. The Bertz CT molecular complexity index is 2200. The van der Waals surface area contributed by atoms with Crippen molar-refractivity contribution in [3.63, 3.8) is 0 Å². The van der Waals surface area contributed by atoms with Gasteiger partial charge in [-0.3, -0.25) is 24.1 Å². The molecule has 18 nitrogen and oxygen atoms in total. The highest BCUT2D eigenvalue weighted by Crippen LogP contribution is 2.37. The van der Waals surface area contributed by atoms with Gasteiger partial charge in [-0.2, -0.15) is 5.10 Å². The molecule has 0 aliphatic carbocycles. The second-order valence-electron chi connectivity index (χ2n) is 12.5. The number of amides is 1. The van der Waals surface area contributed by atoms with E-state index in [0.717, 1.165) is 58.9 Å². The van der Waals surface area contributed by atoms with Gasteiger partial charge in [-0.15, -0.1) is 0 Å². The number of hydrogen-bond acceptors (Lipinski definition) is 15. The van der Waals surface area contributed by atoms with Crippen LogP contribution in [0.5, 0.6) is 11.5 Å². The summed E-state index contributed by atoms with van der Waals surface area (Å²) >= 11 is 0. The quantitative estimate of drug-likeness (QED) is 0.0224. The number of aliphatic hydroxyl groups is 1. The minimum atomic E-state index is 0.250. The molecule has 18 heteroatoms. The maximum Gasteiger partial charge on any atom is 0.204 e. The number of nitrogen functional groups attached to an aromatic ring is 1. The highest BCUT2D eigenvalue weighted by molar-refractivity contribution is 6.10. The van der Waals surface area contributed by atoms with Crippen molar-refractivity contribution in [2.45, 2.75) is 61.1 Å². The lowest BCUT2D eigenvalue weighted by Crippen LogP contribution is -2.26. The van der Waals surface area contributed by atoms with Gasteiger partial charge < -0.3 is 52.3 Å². The summed E-state index contributed by atoms with van der Waals surface area (Å²) in [5.74, 6) is 1.63. The van der Waals surface area contributed by atoms with Gasteiger partial charge in [0.2, 0.25) is 6.41 Å². The van der Waals surface area contributed by atoms with Crippen LogP contribution in [0, 0.1) is 6.92 Å². The second-order valence-corrected chi connectivity index (χ2v) is 12.5. The number of nitrogens with zero attached hydrogens (tertiary/aromatic N) is 7. The summed E-state index contributed by atoms with van der Waals surface area (Å²) in [5, 5.41) is 16.9. The van der Waals surface area contributed by atoms with Gasteiger partial charge >= 0.3 is 0 Å². The number of rotatable bonds is 18. The molecule has 0 fully saturated rings. The highest BCUT2D eigenvalue weighted by Gasteiger charge is 2.20. The number of aliphatic hydroxyl groups excluding tert-OH is 1. The number of anilines is 2. The summed E-state index contributed by atoms with van der Waals surface area (Å²) in [6.45, 7) is 18.7. The number of hydrogen-bond donors (Lipinski definition) is 6. The molecule has 0 saturated carbocycles. The van der Waals surface area contributed by atoms with Gasteiger partial charge in [0.05, 0.1) is 30.6 Å². The van der Waals surface area contributed by atoms with Crippen LogP contribution in [0.4, 0.5) is 11.4 Å². The van der Waals surface area contributed by atoms with Gasteiger partial charge in [-0.05, 0) is 105 Å². The van der Waals surface area contributed by atoms with Crippen LogP contribution in [0.2, 0.25) is 0 Å². The van der Waals surface area contributed by atoms with Crippen molar-refractivity contribution in [2.24, 2.45) is 22.2 Å². The van der Waals surface area contributed by atoms with Crippen LogP contribution >= 0.6 is 0 Å². The van der Waals surface area contributed by atoms with E-state index in [-0.39, 0.29) is 13.0 Å². The van der Waals surface area contributed by atoms with Gasteiger partial charge in [0, 0.05) is 66.6 Å². The number of methoxy groups -OCH3 is 1. The Balaban J connectivity index is 0.00000291. The van der Waals surface area contributed by atoms with Gasteiger partial charge in [-0.1, -0.05) is 26.0 Å². The van der Waals surface area contributed by atoms with E-state index in [0.29, 0.717) is 78.3 Å². The average molecular weight is 875 g/mol. The third-order valence-electron chi connectivity index (χ3n) is 8.51. The fourth-order valence-corrected chi connectivity index (χ4v) is 6.02. The zero-order valence-electron chi connectivity index (χ0n) is 38.7. The molecule has 0 bridgehead atoms. The first-order chi connectivity index (χ1) is 30.6. The number of carbonyl (C=O) groups is 3. The van der Waals surface area contributed by atoms with Crippen molar-refractivity contribution in [1.29, 1.82) is 0 Å². The Kier molecular flexibility index (Phi) is 29.0. The van der Waals surface area contributed by atoms with E-state index in [2.05, 4.69) is 48.8 Å². The van der Waals surface area contributed by atoms with E-state index in [1.54, 1.807) is 38.4 Å². The Morgan fingerprint density at radius 2 is 1.60 bits per heavy atom. The number of benzene rings is 2. The van der Waals surface area contributed by atoms with Crippen molar-refractivity contribution in [3.8, 4) is 23.0 Å². The SMILES string of the molecule is C=N/C(C)=C/CN(C/C=C/Cn1c2nc(-c3cc(C)nn3CC)ncc2c2cc(C=O)cc(OC)c21)c1c(N)cc(C=O)cc1OCCCNC.CC.CCO.CN.CN.NC=O. The topological polar surface area (TPSA) is 270 Å². The third kappa shape index (κ3) is 16.4. The minimum Gasteiger partial charge on any atom is -0.495 e. The van der Waals surface area contributed by atoms with Crippen LogP contribution in [-0.2, 0) is 17.9 Å². The van der Waals surface area contributed by atoms with Crippen molar-refractivity contribution in [1.82, 2.24) is 29.6 Å². The summed E-state index contributed by atoms with van der Waals surface area (Å²) < 4.78 is 15.9. The van der Waals surface area contributed by atoms with Gasteiger partial charge in [-0.25, -0.2) is 9.97 Å². The molecule has 3 heterocycles. The van der Waals surface area contributed by atoms with Crippen molar-refractivity contribution in [3.05, 3.63) is 77.3 Å². The molecular weight excluding hydrogens is 805 g/mol. The maximum absolute atomic E-state index is 11.9. The van der Waals surface area contributed by atoms with Crippen LogP contribution in [0.1, 0.15) is 67.4 Å². The second kappa shape index (κ2) is 32.3. The van der Waals surface area contributed by atoms with Gasteiger partial charge in [0.25, 0.3) is 0 Å². The predicted molar refractivity (Wildman–Crippen MR) is 258 cm³/mol. The Labute approximate surface area is 372 Å². The van der Waals surface area contributed by atoms with Crippen LogP contribution in [0.25, 0.3) is 33.5 Å². The molecule has 0 saturated heterocycles. The molecular formula is C45H70N12O6. The van der Waals surface area contributed by atoms with Crippen LogP contribution < -0.4 is 42.6 Å². The van der Waals surface area contributed by atoms with Crippen LogP contribution in [0.3, 0.4) is 0 Å². The fourth-order valence-electron chi connectivity index (χ4n) is 6.02. The van der Waals surface area contributed by atoms with Crippen molar-refractivity contribution >= 4 is 59.0 Å². The standard InChI is InChI=1S/C38H45N9O4.C2H6O.C2H6.CH3NO.2CH5N/c1-7-47-32(17-26(3)44-47)37-42-22-30-29-18-27(23-48)20-33(50-6)35(29)46(38(30)43-37)14-9-8-13-45(15-11-25(2)41-5)36-31(39)19-28(24-49)21-34(36)51-16-10-12-40-4;1-2-3;1-2;2-1-3;2*1-2/h8-9,11,17-24,40H,5,7,10,12-16,39H2,1-4,6H3;3H,2H2,1H3;1-2H3;1H,(H2,2,3);2*2H2,1H3/b9-8+,25-11+;;;;;. The van der Waals surface area contributed by atoms with E-state index in [1.807, 2.05) is 76.7 Å². The summed E-state index contributed by atoms with van der Waals surface area (Å²) in [5.41, 5.74) is 25.7. The molecule has 5 aromatic rings. The number of allylic oxidation sites excluding steroid dienone is 2. The molecule has 5 rings (SSSR count). The van der Waals surface area contributed by atoms with E-state index < -0.39 is 0 Å². The molecule has 0 atom stereocenters. The lowest BCUT2D eigenvalue weighted by atomic mass is 10.1. The maximum atomic E-state index is 11.9. The number of aryl methyl sites for hydroxylation is 2. The molecule has 0 spiro atoms. The molecule has 0 aliphatic heterocycles. The van der Waals surface area contributed by atoms with Crippen LogP contribution in [-0.4, -0.2) is 116 Å². The van der Waals surface area contributed by atoms with Crippen molar-refractivity contribution in [2.75, 3.05) is 71.7 Å². The molecule has 10 N–H and O–H groups in total. The van der Waals surface area contributed by atoms with Gasteiger partial charge in [0.15, 0.2) is 5.82 Å². The molecule has 346 valence electrons. The lowest BCUT2D eigenvalue weighted by molar-refractivity contribution is -0.106. The number of fused-ring (bicyclic) bond motifs is 3. The lowest BCUT2D eigenvalue weighted by Gasteiger charge is -2.27. The fraction of sp³-hybridized carbons (Fsp3) is 0.400. The molecule has 0 unspecified atom stereocenters. The number of aromatic nitrogens is 5. The summed E-state index contributed by atoms with van der Waals surface area (Å²) in [4.78, 5) is 48.1. The normalized spacial score (nSPS) is 10.3. The molecule has 1 amide bonds. The van der Waals surface area contributed by atoms with Crippen molar-refractivity contribution < 1.29 is 29.0 Å². The number of carbonyl (C=O) groups excluding carboxylic acids is 3. The number of aliphatic imine (C=N–C) groups is 1. The molecule has 63 heavy (non-hydrogen) atoms. The predicted octanol–water partition coefficient (Wildman–Crippen LogP) is 4.92. The first-order valence-corrected chi connectivity index (χ1v) is 20.6. The third-order valence-corrected chi connectivity index (χ3v) is 8.51. The van der Waals surface area contributed by atoms with Gasteiger partial charge in [0.1, 0.15) is 41.1 Å².